The zero-order valence-corrected chi connectivity index (χ0v) is 12.8. The van der Waals surface area contributed by atoms with Crippen LogP contribution in [0.25, 0.3) is 22.1 Å². The Kier molecular flexibility index (Phi) is 3.20. The molecule has 0 aliphatic heterocycles. The minimum atomic E-state index is -0.521. The third kappa shape index (κ3) is 2.06. The van der Waals surface area contributed by atoms with Crippen LogP contribution in [0.5, 0.6) is 0 Å². The highest BCUT2D eigenvalue weighted by molar-refractivity contribution is 5.96. The van der Waals surface area contributed by atoms with Crippen LogP contribution in [0.4, 0.5) is 0 Å². The first-order valence-corrected chi connectivity index (χ1v) is 6.86. The van der Waals surface area contributed by atoms with Gasteiger partial charge in [-0.05, 0) is 44.0 Å². The summed E-state index contributed by atoms with van der Waals surface area (Å²) in [4.78, 5) is 28.7. The Labute approximate surface area is 126 Å². The number of hydrogen-bond acceptors (Lipinski definition) is 5. The summed E-state index contributed by atoms with van der Waals surface area (Å²) in [6, 6.07) is 5.23. The van der Waals surface area contributed by atoms with Crippen LogP contribution < -0.4 is 5.43 Å². The normalized spacial score (nSPS) is 11.1. The van der Waals surface area contributed by atoms with Crippen LogP contribution in [0.3, 0.4) is 0 Å². The topological polar surface area (TPSA) is 69.4 Å². The van der Waals surface area contributed by atoms with Crippen molar-refractivity contribution in [1.82, 2.24) is 4.98 Å². The number of carbonyl (C=O) groups excluding carboxylic acids is 1. The van der Waals surface area contributed by atoms with Crippen LogP contribution in [-0.2, 0) is 4.74 Å². The number of pyridine rings is 1. The van der Waals surface area contributed by atoms with Gasteiger partial charge in [0.1, 0.15) is 5.58 Å². The number of esters is 1. The lowest BCUT2D eigenvalue weighted by atomic mass is 10.1. The highest BCUT2D eigenvalue weighted by atomic mass is 16.5. The molecule has 0 aliphatic carbocycles. The summed E-state index contributed by atoms with van der Waals surface area (Å²) < 4.78 is 10.5. The lowest BCUT2D eigenvalue weighted by Gasteiger charge is -2.08. The van der Waals surface area contributed by atoms with Crippen molar-refractivity contribution in [2.75, 3.05) is 7.11 Å². The molecule has 0 saturated carbocycles. The summed E-state index contributed by atoms with van der Waals surface area (Å²) in [6.45, 7) is 5.49. The van der Waals surface area contributed by atoms with E-state index in [1.807, 2.05) is 19.9 Å². The first-order valence-electron chi connectivity index (χ1n) is 6.86. The third-order valence-electron chi connectivity index (χ3n) is 3.69. The predicted octanol–water partition coefficient (Wildman–Crippen LogP) is 3.05. The minimum Gasteiger partial charge on any atom is -0.465 e. The van der Waals surface area contributed by atoms with Gasteiger partial charge in [0.15, 0.2) is 0 Å². The summed E-state index contributed by atoms with van der Waals surface area (Å²) in [6.07, 6.45) is 0. The molecule has 22 heavy (non-hydrogen) atoms. The molecular formula is C17H15NO4. The van der Waals surface area contributed by atoms with Crippen LogP contribution in [-0.4, -0.2) is 18.1 Å². The highest BCUT2D eigenvalue weighted by Gasteiger charge is 2.17. The Balaban J connectivity index is 2.48. The van der Waals surface area contributed by atoms with Crippen molar-refractivity contribution >= 4 is 28.0 Å². The second-order valence-electron chi connectivity index (χ2n) is 5.36. The molecule has 0 amide bonds. The Bertz CT molecular complexity index is 986. The predicted molar refractivity (Wildman–Crippen MR) is 83.3 cm³/mol. The monoisotopic (exact) mass is 297 g/mol. The fourth-order valence-corrected chi connectivity index (χ4v) is 2.64. The molecule has 3 rings (SSSR count). The van der Waals surface area contributed by atoms with E-state index < -0.39 is 5.97 Å². The second kappa shape index (κ2) is 4.94. The Morgan fingerprint density at radius 2 is 1.86 bits per heavy atom. The van der Waals surface area contributed by atoms with Crippen molar-refractivity contribution < 1.29 is 13.9 Å². The van der Waals surface area contributed by atoms with E-state index in [2.05, 4.69) is 4.98 Å². The third-order valence-corrected chi connectivity index (χ3v) is 3.69. The maximum Gasteiger partial charge on any atom is 0.339 e. The summed E-state index contributed by atoms with van der Waals surface area (Å²) in [7, 11) is 1.29. The lowest BCUT2D eigenvalue weighted by Crippen LogP contribution is -2.10. The second-order valence-corrected chi connectivity index (χ2v) is 5.36. The molecule has 0 radical (unpaired) electrons. The van der Waals surface area contributed by atoms with Crippen LogP contribution in [0.2, 0.25) is 0 Å². The van der Waals surface area contributed by atoms with Crippen molar-refractivity contribution in [2.24, 2.45) is 0 Å². The zero-order chi connectivity index (χ0) is 16.0. The van der Waals surface area contributed by atoms with Crippen LogP contribution in [0, 0.1) is 20.8 Å². The molecule has 112 valence electrons. The van der Waals surface area contributed by atoms with Crippen molar-refractivity contribution in [2.45, 2.75) is 20.8 Å². The number of nitrogens with zero attached hydrogens (tertiary/aromatic N) is 1. The minimum absolute atomic E-state index is 0.194. The first-order chi connectivity index (χ1) is 10.4. The molecule has 2 heterocycles. The Morgan fingerprint density at radius 1 is 1.14 bits per heavy atom. The maximum atomic E-state index is 12.7. The number of benzene rings is 1. The summed E-state index contributed by atoms with van der Waals surface area (Å²) in [5.41, 5.74) is 3.16. The van der Waals surface area contributed by atoms with Crippen LogP contribution in [0.1, 0.15) is 27.2 Å². The molecule has 5 heteroatoms. The van der Waals surface area contributed by atoms with Crippen molar-refractivity contribution in [1.29, 1.82) is 0 Å². The van der Waals surface area contributed by atoms with E-state index in [-0.39, 0.29) is 22.1 Å². The van der Waals surface area contributed by atoms with Gasteiger partial charge in [-0.2, -0.15) is 0 Å². The van der Waals surface area contributed by atoms with E-state index in [0.29, 0.717) is 16.7 Å². The number of aryl methyl sites for hydroxylation is 3. The summed E-state index contributed by atoms with van der Waals surface area (Å²) >= 11 is 0. The zero-order valence-electron chi connectivity index (χ0n) is 12.8. The van der Waals surface area contributed by atoms with Gasteiger partial charge in [0.05, 0.1) is 29.1 Å². The van der Waals surface area contributed by atoms with E-state index in [1.54, 1.807) is 13.0 Å². The van der Waals surface area contributed by atoms with Gasteiger partial charge in [-0.25, -0.2) is 9.78 Å². The number of aromatic nitrogens is 1. The van der Waals surface area contributed by atoms with E-state index in [9.17, 15) is 9.59 Å². The average molecular weight is 297 g/mol. The SMILES string of the molecule is COC(=O)c1cc2c(=O)c3cc(C)cc(C)c3oc2nc1C. The van der Waals surface area contributed by atoms with Crippen molar-refractivity contribution in [3.8, 4) is 0 Å². The molecule has 0 aliphatic rings. The van der Waals surface area contributed by atoms with Gasteiger partial charge < -0.3 is 9.15 Å². The van der Waals surface area contributed by atoms with Gasteiger partial charge in [0.25, 0.3) is 0 Å². The van der Waals surface area contributed by atoms with Gasteiger partial charge in [-0.15, -0.1) is 0 Å². The van der Waals surface area contributed by atoms with Crippen LogP contribution >= 0.6 is 0 Å². The van der Waals surface area contributed by atoms with E-state index in [4.69, 9.17) is 9.15 Å². The Morgan fingerprint density at radius 3 is 2.55 bits per heavy atom. The molecule has 1 aromatic carbocycles. The molecule has 0 atom stereocenters. The number of carbonyl (C=O) groups is 1. The number of rotatable bonds is 1. The van der Waals surface area contributed by atoms with Crippen LogP contribution in [0.15, 0.2) is 27.4 Å². The molecule has 2 aromatic heterocycles. The van der Waals surface area contributed by atoms with Crippen molar-refractivity contribution in [3.63, 3.8) is 0 Å². The number of hydrogen-bond donors (Lipinski definition) is 0. The Hall–Kier alpha value is -2.69. The van der Waals surface area contributed by atoms with Gasteiger partial charge in [0, 0.05) is 0 Å². The standard InChI is InChI=1S/C17H15NO4/c1-8-5-9(2)15-12(6-8)14(19)13-7-11(17(20)21-4)10(3)18-16(13)22-15/h5-7H,1-4H3. The average Bonchev–Trinajstić information content (AvgIpc) is 2.47. The van der Waals surface area contributed by atoms with Crippen molar-refractivity contribution in [3.05, 3.63) is 50.8 Å². The molecule has 0 fully saturated rings. The number of methoxy groups -OCH3 is 1. The largest absolute Gasteiger partial charge is 0.465 e. The quantitative estimate of drug-likeness (QED) is 0.510. The van der Waals surface area contributed by atoms with Gasteiger partial charge >= 0.3 is 5.97 Å². The number of fused-ring (bicyclic) bond motifs is 2. The maximum absolute atomic E-state index is 12.7. The van der Waals surface area contributed by atoms with E-state index in [1.165, 1.54) is 13.2 Å². The molecule has 0 unspecified atom stereocenters. The smallest absolute Gasteiger partial charge is 0.339 e. The summed E-state index contributed by atoms with van der Waals surface area (Å²) in [5.74, 6) is -0.521. The van der Waals surface area contributed by atoms with Gasteiger partial charge in [-0.3, -0.25) is 4.79 Å². The molecule has 0 saturated heterocycles. The first kappa shape index (κ1) is 14.3. The van der Waals surface area contributed by atoms with E-state index in [0.717, 1.165) is 11.1 Å². The fourth-order valence-electron chi connectivity index (χ4n) is 2.64. The van der Waals surface area contributed by atoms with Gasteiger partial charge in [-0.1, -0.05) is 6.07 Å². The molecule has 0 N–H and O–H groups in total. The lowest BCUT2D eigenvalue weighted by molar-refractivity contribution is 0.0599. The molecule has 3 aromatic rings. The molecular weight excluding hydrogens is 282 g/mol. The highest BCUT2D eigenvalue weighted by Crippen LogP contribution is 2.23. The molecule has 5 nitrogen and oxygen atoms in total. The molecule has 0 spiro atoms. The summed E-state index contributed by atoms with van der Waals surface area (Å²) in [5, 5.41) is 0.773. The fraction of sp³-hybridized carbons (Fsp3) is 0.235. The van der Waals surface area contributed by atoms with Gasteiger partial charge in [0.2, 0.25) is 11.1 Å². The number of ether oxygens (including phenoxy) is 1. The molecule has 0 bridgehead atoms. The van der Waals surface area contributed by atoms with E-state index >= 15 is 0 Å².